The van der Waals surface area contributed by atoms with Crippen molar-refractivity contribution in [2.24, 2.45) is 0 Å². The van der Waals surface area contributed by atoms with Crippen LogP contribution in [0.3, 0.4) is 0 Å². The predicted molar refractivity (Wildman–Crippen MR) is 91.3 cm³/mol. The molecular formula is C18H21NO3S. The van der Waals surface area contributed by atoms with Crippen molar-refractivity contribution in [3.8, 4) is 0 Å². The summed E-state index contributed by atoms with van der Waals surface area (Å²) in [5, 5.41) is 0. The quantitative estimate of drug-likeness (QED) is 0.828. The summed E-state index contributed by atoms with van der Waals surface area (Å²) in [7, 11) is -3.56. The van der Waals surface area contributed by atoms with Gasteiger partial charge in [-0.25, -0.2) is 13.1 Å². The van der Waals surface area contributed by atoms with Crippen molar-refractivity contribution in [2.75, 3.05) is 6.54 Å². The predicted octanol–water partition coefficient (Wildman–Crippen LogP) is 3.03. The first-order valence-corrected chi connectivity index (χ1v) is 8.95. The number of hydrogen-bond acceptors (Lipinski definition) is 3. The van der Waals surface area contributed by atoms with Crippen LogP contribution in [0.1, 0.15) is 34.0 Å². The molecule has 0 fully saturated rings. The summed E-state index contributed by atoms with van der Waals surface area (Å²) in [4.78, 5) is 11.4. The van der Waals surface area contributed by atoms with Crippen molar-refractivity contribution in [3.05, 3.63) is 64.7 Å². The second-order valence-corrected chi connectivity index (χ2v) is 7.43. The van der Waals surface area contributed by atoms with E-state index in [1.807, 2.05) is 26.0 Å². The van der Waals surface area contributed by atoms with Gasteiger partial charge >= 0.3 is 0 Å². The first-order chi connectivity index (χ1) is 10.8. The van der Waals surface area contributed by atoms with Gasteiger partial charge in [-0.1, -0.05) is 35.9 Å². The van der Waals surface area contributed by atoms with Gasteiger partial charge in [0.15, 0.2) is 5.78 Å². The summed E-state index contributed by atoms with van der Waals surface area (Å²) in [5.74, 6) is -0.0863. The average molecular weight is 331 g/mol. The van der Waals surface area contributed by atoms with Crippen molar-refractivity contribution >= 4 is 15.8 Å². The maximum atomic E-state index is 12.2. The van der Waals surface area contributed by atoms with E-state index in [0.717, 1.165) is 11.1 Å². The molecule has 0 saturated heterocycles. The van der Waals surface area contributed by atoms with Crippen LogP contribution in [0.4, 0.5) is 0 Å². The summed E-state index contributed by atoms with van der Waals surface area (Å²) in [6, 6.07) is 12.1. The van der Waals surface area contributed by atoms with Crippen molar-refractivity contribution in [3.63, 3.8) is 0 Å². The van der Waals surface area contributed by atoms with E-state index in [4.69, 9.17) is 0 Å². The highest BCUT2D eigenvalue weighted by molar-refractivity contribution is 7.89. The molecule has 23 heavy (non-hydrogen) atoms. The average Bonchev–Trinajstić information content (AvgIpc) is 2.49. The molecule has 5 heteroatoms. The monoisotopic (exact) mass is 331 g/mol. The maximum Gasteiger partial charge on any atom is 0.240 e. The highest BCUT2D eigenvalue weighted by Crippen LogP contribution is 2.13. The van der Waals surface area contributed by atoms with E-state index in [-0.39, 0.29) is 10.7 Å². The lowest BCUT2D eigenvalue weighted by atomic mass is 10.0. The van der Waals surface area contributed by atoms with Gasteiger partial charge in [-0.2, -0.15) is 0 Å². The molecule has 1 N–H and O–H groups in total. The van der Waals surface area contributed by atoms with Gasteiger partial charge in [0.2, 0.25) is 10.0 Å². The second kappa shape index (κ2) is 7.06. The topological polar surface area (TPSA) is 63.2 Å². The third-order valence-electron chi connectivity index (χ3n) is 3.76. The summed E-state index contributed by atoms with van der Waals surface area (Å²) in [5.41, 5.74) is 3.98. The van der Waals surface area contributed by atoms with Gasteiger partial charge in [-0.15, -0.1) is 0 Å². The number of nitrogens with one attached hydrogen (secondary N) is 1. The fourth-order valence-corrected chi connectivity index (χ4v) is 3.43. The standard InChI is InChI=1S/C18H21NO3S/c1-13-4-5-16(14(2)12-13)10-11-19-23(21,22)18-8-6-17(7-9-18)15(3)20/h4-9,12,19H,10-11H2,1-3H3. The molecule has 0 unspecified atom stereocenters. The smallest absolute Gasteiger partial charge is 0.240 e. The lowest BCUT2D eigenvalue weighted by molar-refractivity contribution is 0.101. The van der Waals surface area contributed by atoms with E-state index in [1.165, 1.54) is 36.8 Å². The lowest BCUT2D eigenvalue weighted by Crippen LogP contribution is -2.26. The van der Waals surface area contributed by atoms with Crippen LogP contribution in [0.2, 0.25) is 0 Å². The molecule has 2 rings (SSSR count). The minimum Gasteiger partial charge on any atom is -0.295 e. The van der Waals surface area contributed by atoms with E-state index < -0.39 is 10.0 Å². The van der Waals surface area contributed by atoms with Gasteiger partial charge in [-0.3, -0.25) is 4.79 Å². The van der Waals surface area contributed by atoms with Crippen LogP contribution >= 0.6 is 0 Å². The zero-order valence-corrected chi connectivity index (χ0v) is 14.4. The van der Waals surface area contributed by atoms with Gasteiger partial charge in [-0.05, 0) is 50.5 Å². The van der Waals surface area contributed by atoms with Gasteiger partial charge in [0.05, 0.1) is 4.90 Å². The van der Waals surface area contributed by atoms with Crippen LogP contribution < -0.4 is 4.72 Å². The van der Waals surface area contributed by atoms with Crippen molar-refractivity contribution in [1.82, 2.24) is 4.72 Å². The van der Waals surface area contributed by atoms with Gasteiger partial charge in [0, 0.05) is 12.1 Å². The molecule has 0 amide bonds. The first-order valence-electron chi connectivity index (χ1n) is 7.46. The highest BCUT2D eigenvalue weighted by atomic mass is 32.2. The Morgan fingerprint density at radius 3 is 2.26 bits per heavy atom. The van der Waals surface area contributed by atoms with Crippen LogP contribution in [0.25, 0.3) is 0 Å². The number of hydrogen-bond donors (Lipinski definition) is 1. The first kappa shape index (κ1) is 17.4. The number of carbonyl (C=O) groups is 1. The van der Waals surface area contributed by atoms with Crippen molar-refractivity contribution in [1.29, 1.82) is 0 Å². The molecule has 0 radical (unpaired) electrons. The van der Waals surface area contributed by atoms with E-state index >= 15 is 0 Å². The Kier molecular flexibility index (Phi) is 5.34. The van der Waals surface area contributed by atoms with Crippen molar-refractivity contribution in [2.45, 2.75) is 32.1 Å². The Hall–Kier alpha value is -1.98. The minimum absolute atomic E-state index is 0.0863. The molecule has 2 aromatic rings. The Morgan fingerprint density at radius 2 is 1.70 bits per heavy atom. The van der Waals surface area contributed by atoms with Crippen LogP contribution in [0.15, 0.2) is 47.4 Å². The van der Waals surface area contributed by atoms with Crippen LogP contribution in [0.5, 0.6) is 0 Å². The third-order valence-corrected chi connectivity index (χ3v) is 5.23. The molecule has 0 spiro atoms. The maximum absolute atomic E-state index is 12.2. The molecule has 4 nitrogen and oxygen atoms in total. The van der Waals surface area contributed by atoms with E-state index in [2.05, 4.69) is 10.8 Å². The molecule has 0 bridgehead atoms. The molecule has 122 valence electrons. The van der Waals surface area contributed by atoms with E-state index in [0.29, 0.717) is 18.5 Å². The molecule has 0 saturated carbocycles. The highest BCUT2D eigenvalue weighted by Gasteiger charge is 2.14. The minimum atomic E-state index is -3.56. The number of aryl methyl sites for hydroxylation is 2. The second-order valence-electron chi connectivity index (χ2n) is 5.66. The van der Waals surface area contributed by atoms with E-state index in [9.17, 15) is 13.2 Å². The number of ketones is 1. The number of carbonyl (C=O) groups excluding carboxylic acids is 1. The Bertz CT molecular complexity index is 809. The number of Topliss-reactive ketones (excluding diaryl/α,β-unsaturated/α-hetero) is 1. The molecule has 0 aliphatic heterocycles. The molecule has 0 atom stereocenters. The zero-order chi connectivity index (χ0) is 17.0. The molecule has 2 aromatic carbocycles. The van der Waals surface area contributed by atoms with Crippen molar-refractivity contribution < 1.29 is 13.2 Å². The molecular weight excluding hydrogens is 310 g/mol. The SMILES string of the molecule is CC(=O)c1ccc(S(=O)(=O)NCCc2ccc(C)cc2C)cc1. The molecule has 0 aliphatic rings. The Balaban J connectivity index is 2.02. The normalized spacial score (nSPS) is 11.4. The molecule has 0 aromatic heterocycles. The van der Waals surface area contributed by atoms with Gasteiger partial charge in [0.1, 0.15) is 0 Å². The fraction of sp³-hybridized carbons (Fsp3) is 0.278. The summed E-state index contributed by atoms with van der Waals surface area (Å²) in [6.45, 7) is 5.84. The lowest BCUT2D eigenvalue weighted by Gasteiger charge is -2.09. The van der Waals surface area contributed by atoms with Gasteiger partial charge in [0.25, 0.3) is 0 Å². The number of rotatable bonds is 6. The van der Waals surface area contributed by atoms with Crippen LogP contribution in [-0.4, -0.2) is 20.7 Å². The Labute approximate surface area is 137 Å². The van der Waals surface area contributed by atoms with Crippen LogP contribution in [0, 0.1) is 13.8 Å². The fourth-order valence-electron chi connectivity index (χ4n) is 2.40. The van der Waals surface area contributed by atoms with Gasteiger partial charge < -0.3 is 0 Å². The molecule has 0 aliphatic carbocycles. The summed E-state index contributed by atoms with van der Waals surface area (Å²) in [6.07, 6.45) is 0.636. The van der Waals surface area contributed by atoms with E-state index in [1.54, 1.807) is 0 Å². The largest absolute Gasteiger partial charge is 0.295 e. The Morgan fingerprint density at radius 1 is 1.04 bits per heavy atom. The summed E-state index contributed by atoms with van der Waals surface area (Å²) >= 11 is 0. The number of sulfonamides is 1. The third kappa shape index (κ3) is 4.50. The number of benzene rings is 2. The zero-order valence-electron chi connectivity index (χ0n) is 13.6. The van der Waals surface area contributed by atoms with Crippen LogP contribution in [-0.2, 0) is 16.4 Å². The molecule has 0 heterocycles. The summed E-state index contributed by atoms with van der Waals surface area (Å²) < 4.78 is 27.1.